The minimum absolute atomic E-state index is 0.0564. The fourth-order valence-corrected chi connectivity index (χ4v) is 4.81. The fraction of sp³-hybridized carbons (Fsp3) is 0.350. The third kappa shape index (κ3) is 4.28. The average Bonchev–Trinajstić information content (AvgIpc) is 2.62. The molecule has 5 nitrogen and oxygen atoms in total. The van der Waals surface area contributed by atoms with Crippen LogP contribution in [0.4, 0.5) is 5.69 Å². The summed E-state index contributed by atoms with van der Waals surface area (Å²) in [5.41, 5.74) is 3.22. The summed E-state index contributed by atoms with van der Waals surface area (Å²) in [6.45, 7) is 6.69. The van der Waals surface area contributed by atoms with Crippen LogP contribution in [0.3, 0.4) is 0 Å². The second-order valence-corrected chi connectivity index (χ2v) is 9.25. The van der Waals surface area contributed by atoms with Crippen LogP contribution in [0.1, 0.15) is 30.5 Å². The van der Waals surface area contributed by atoms with E-state index in [2.05, 4.69) is 4.72 Å². The van der Waals surface area contributed by atoms with Crippen molar-refractivity contribution < 1.29 is 13.2 Å². The number of benzene rings is 2. The maximum Gasteiger partial charge on any atom is 0.262 e. The van der Waals surface area contributed by atoms with E-state index >= 15 is 0 Å². The number of nitrogens with one attached hydrogen (secondary N) is 1. The van der Waals surface area contributed by atoms with Crippen LogP contribution in [-0.2, 0) is 27.8 Å². The number of hydrogen-bond donors (Lipinski definition) is 1. The first kappa shape index (κ1) is 19.7. The maximum atomic E-state index is 12.8. The Morgan fingerprint density at radius 3 is 2.59 bits per heavy atom. The summed E-state index contributed by atoms with van der Waals surface area (Å²) in [6.07, 6.45) is 0.772. The van der Waals surface area contributed by atoms with Crippen LogP contribution < -0.4 is 4.72 Å². The van der Waals surface area contributed by atoms with Gasteiger partial charge in [-0.1, -0.05) is 37.6 Å². The summed E-state index contributed by atoms with van der Waals surface area (Å²) in [6, 6.07) is 10.3. The first-order chi connectivity index (χ1) is 12.7. The largest absolute Gasteiger partial charge is 0.338 e. The van der Waals surface area contributed by atoms with Gasteiger partial charge in [0.1, 0.15) is 0 Å². The molecule has 144 valence electrons. The molecule has 1 aliphatic heterocycles. The van der Waals surface area contributed by atoms with Crippen LogP contribution in [0, 0.1) is 12.8 Å². The Labute approximate surface area is 165 Å². The summed E-state index contributed by atoms with van der Waals surface area (Å²) in [5.74, 6) is 0.0558. The Morgan fingerprint density at radius 1 is 1.15 bits per heavy atom. The normalized spacial score (nSPS) is 14.2. The molecule has 0 radical (unpaired) electrons. The van der Waals surface area contributed by atoms with E-state index < -0.39 is 10.0 Å². The predicted octanol–water partition coefficient (Wildman–Crippen LogP) is 3.99. The van der Waals surface area contributed by atoms with Gasteiger partial charge in [0.25, 0.3) is 10.0 Å². The van der Waals surface area contributed by atoms with Gasteiger partial charge >= 0.3 is 0 Å². The summed E-state index contributed by atoms with van der Waals surface area (Å²) in [5, 5.41) is 0.370. The van der Waals surface area contributed by atoms with Gasteiger partial charge in [0, 0.05) is 29.7 Å². The lowest BCUT2D eigenvalue weighted by atomic mass is 9.98. The number of nitrogens with zero attached hydrogens (tertiary/aromatic N) is 1. The van der Waals surface area contributed by atoms with Gasteiger partial charge in [0.15, 0.2) is 0 Å². The molecule has 1 aliphatic rings. The molecule has 2 aromatic carbocycles. The number of fused-ring (bicyclic) bond motifs is 1. The first-order valence-corrected chi connectivity index (χ1v) is 10.7. The van der Waals surface area contributed by atoms with Gasteiger partial charge in [-0.3, -0.25) is 9.52 Å². The molecule has 0 saturated heterocycles. The first-order valence-electron chi connectivity index (χ1n) is 8.87. The Hall–Kier alpha value is -2.05. The Morgan fingerprint density at radius 2 is 1.89 bits per heavy atom. The van der Waals surface area contributed by atoms with E-state index in [1.54, 1.807) is 25.1 Å². The molecule has 27 heavy (non-hydrogen) atoms. The van der Waals surface area contributed by atoms with Crippen LogP contribution in [0.5, 0.6) is 0 Å². The topological polar surface area (TPSA) is 66.5 Å². The second-order valence-electron chi connectivity index (χ2n) is 7.16. The van der Waals surface area contributed by atoms with E-state index in [0.717, 1.165) is 17.5 Å². The predicted molar refractivity (Wildman–Crippen MR) is 107 cm³/mol. The zero-order chi connectivity index (χ0) is 19.8. The third-order valence-corrected chi connectivity index (χ3v) is 6.47. The number of sulfonamides is 1. The van der Waals surface area contributed by atoms with Crippen molar-refractivity contribution in [2.45, 2.75) is 38.6 Å². The Kier molecular flexibility index (Phi) is 5.49. The summed E-state index contributed by atoms with van der Waals surface area (Å²) >= 11 is 5.96. The van der Waals surface area contributed by atoms with Gasteiger partial charge in [-0.05, 0) is 54.3 Å². The van der Waals surface area contributed by atoms with Crippen LogP contribution in [0.25, 0.3) is 0 Å². The third-order valence-electron chi connectivity index (χ3n) is 4.72. The highest BCUT2D eigenvalue weighted by Crippen LogP contribution is 2.27. The standard InChI is InChI=1S/C20H23ClN2O3S/c1-13(2)20(24)23-9-8-15-5-7-18(10-16(15)12-23)22-27(25,26)19-11-17(21)6-4-14(19)3/h4-7,10-11,13,22H,8-9,12H2,1-3H3. The van der Waals surface area contributed by atoms with E-state index in [4.69, 9.17) is 11.6 Å². The van der Waals surface area contributed by atoms with Crippen molar-refractivity contribution in [2.75, 3.05) is 11.3 Å². The lowest BCUT2D eigenvalue weighted by Gasteiger charge is -2.30. The molecule has 7 heteroatoms. The van der Waals surface area contributed by atoms with Crippen molar-refractivity contribution in [2.24, 2.45) is 5.92 Å². The van der Waals surface area contributed by atoms with Crippen molar-refractivity contribution in [3.63, 3.8) is 0 Å². The van der Waals surface area contributed by atoms with Crippen molar-refractivity contribution in [1.82, 2.24) is 4.90 Å². The number of aryl methyl sites for hydroxylation is 1. The number of carbonyl (C=O) groups excluding carboxylic acids is 1. The zero-order valence-corrected chi connectivity index (χ0v) is 17.2. The van der Waals surface area contributed by atoms with Crippen LogP contribution in [-0.4, -0.2) is 25.8 Å². The molecule has 3 rings (SSSR count). The molecule has 2 aromatic rings. The second kappa shape index (κ2) is 7.52. The molecule has 0 spiro atoms. The summed E-state index contributed by atoms with van der Waals surface area (Å²) < 4.78 is 28.2. The van der Waals surface area contributed by atoms with Gasteiger partial charge < -0.3 is 4.90 Å². The molecule has 1 amide bonds. The fourth-order valence-electron chi connectivity index (χ4n) is 3.25. The lowest BCUT2D eigenvalue weighted by Crippen LogP contribution is -2.38. The number of halogens is 1. The van der Waals surface area contributed by atoms with Gasteiger partial charge in [0.05, 0.1) is 4.90 Å². The van der Waals surface area contributed by atoms with Crippen LogP contribution in [0.2, 0.25) is 5.02 Å². The molecule has 1 N–H and O–H groups in total. The molecule has 0 aromatic heterocycles. The van der Waals surface area contributed by atoms with Crippen molar-refractivity contribution in [1.29, 1.82) is 0 Å². The molecule has 0 fully saturated rings. The minimum Gasteiger partial charge on any atom is -0.338 e. The van der Waals surface area contributed by atoms with Crippen molar-refractivity contribution in [3.05, 3.63) is 58.1 Å². The number of hydrogen-bond acceptors (Lipinski definition) is 3. The van der Waals surface area contributed by atoms with E-state index in [9.17, 15) is 13.2 Å². The van der Waals surface area contributed by atoms with E-state index in [0.29, 0.717) is 29.4 Å². The van der Waals surface area contributed by atoms with Crippen LogP contribution >= 0.6 is 11.6 Å². The Balaban J connectivity index is 1.86. The van der Waals surface area contributed by atoms with Crippen molar-refractivity contribution in [3.8, 4) is 0 Å². The summed E-state index contributed by atoms with van der Waals surface area (Å²) in [4.78, 5) is 14.3. The average molecular weight is 407 g/mol. The highest BCUT2D eigenvalue weighted by atomic mass is 35.5. The van der Waals surface area contributed by atoms with Crippen molar-refractivity contribution >= 4 is 33.2 Å². The monoisotopic (exact) mass is 406 g/mol. The van der Waals surface area contributed by atoms with E-state index in [1.165, 1.54) is 6.07 Å². The van der Waals surface area contributed by atoms with Gasteiger partial charge in [-0.25, -0.2) is 8.42 Å². The van der Waals surface area contributed by atoms with E-state index in [-0.39, 0.29) is 16.7 Å². The Bertz CT molecular complexity index is 987. The molecule has 0 unspecified atom stereocenters. The molecule has 1 heterocycles. The molecule has 0 aliphatic carbocycles. The van der Waals surface area contributed by atoms with Gasteiger partial charge in [-0.2, -0.15) is 0 Å². The molecular formula is C20H23ClN2O3S. The van der Waals surface area contributed by atoms with E-state index in [1.807, 2.05) is 30.9 Å². The van der Waals surface area contributed by atoms with Gasteiger partial charge in [-0.15, -0.1) is 0 Å². The lowest BCUT2D eigenvalue weighted by molar-refractivity contribution is -0.135. The van der Waals surface area contributed by atoms with Gasteiger partial charge in [0.2, 0.25) is 5.91 Å². The minimum atomic E-state index is -3.75. The molecular weight excluding hydrogens is 384 g/mol. The number of amides is 1. The summed E-state index contributed by atoms with van der Waals surface area (Å²) in [7, 11) is -3.75. The molecule has 0 atom stereocenters. The number of carbonyl (C=O) groups is 1. The smallest absolute Gasteiger partial charge is 0.262 e. The molecule has 0 bridgehead atoms. The zero-order valence-electron chi connectivity index (χ0n) is 15.6. The highest BCUT2D eigenvalue weighted by Gasteiger charge is 2.24. The quantitative estimate of drug-likeness (QED) is 0.834. The maximum absolute atomic E-state index is 12.8. The number of rotatable bonds is 4. The molecule has 0 saturated carbocycles. The highest BCUT2D eigenvalue weighted by molar-refractivity contribution is 7.92. The van der Waals surface area contributed by atoms with Crippen LogP contribution in [0.15, 0.2) is 41.3 Å². The number of anilines is 1. The SMILES string of the molecule is Cc1ccc(Cl)cc1S(=O)(=O)Nc1ccc2c(c1)CN(C(=O)C(C)C)CC2.